The molecule has 0 spiro atoms. The van der Waals surface area contributed by atoms with Gasteiger partial charge >= 0.3 is 0 Å². The lowest BCUT2D eigenvalue weighted by atomic mass is 10.2. The third kappa shape index (κ3) is 3.40. The van der Waals surface area contributed by atoms with Gasteiger partial charge in [0.2, 0.25) is 5.95 Å². The van der Waals surface area contributed by atoms with Gasteiger partial charge in [0, 0.05) is 18.3 Å². The van der Waals surface area contributed by atoms with E-state index in [0.29, 0.717) is 17.5 Å². The van der Waals surface area contributed by atoms with E-state index in [1.807, 2.05) is 20.8 Å². The number of halogens is 1. The van der Waals surface area contributed by atoms with Gasteiger partial charge in [0.05, 0.1) is 5.69 Å². The summed E-state index contributed by atoms with van der Waals surface area (Å²) in [6.07, 6.45) is 0. The highest BCUT2D eigenvalue weighted by molar-refractivity contribution is 5.59. The highest BCUT2D eigenvalue weighted by Gasteiger charge is 2.06. The number of hydrogen-bond donors (Lipinski definition) is 2. The van der Waals surface area contributed by atoms with Crippen molar-refractivity contribution in [3.05, 3.63) is 41.3 Å². The van der Waals surface area contributed by atoms with Crippen molar-refractivity contribution in [1.29, 1.82) is 0 Å². The summed E-state index contributed by atoms with van der Waals surface area (Å²) in [7, 11) is 0. The molecule has 0 unspecified atom stereocenters. The molecule has 19 heavy (non-hydrogen) atoms. The van der Waals surface area contributed by atoms with E-state index < -0.39 is 0 Å². The van der Waals surface area contributed by atoms with Crippen LogP contribution in [0.2, 0.25) is 0 Å². The molecular weight excluding hydrogens is 243 g/mol. The van der Waals surface area contributed by atoms with Crippen LogP contribution in [0.3, 0.4) is 0 Å². The molecule has 0 radical (unpaired) electrons. The first-order valence-electron chi connectivity index (χ1n) is 6.21. The lowest BCUT2D eigenvalue weighted by Crippen LogP contribution is -2.05. The summed E-state index contributed by atoms with van der Waals surface area (Å²) in [4.78, 5) is 8.54. The molecule has 0 fully saturated rings. The maximum Gasteiger partial charge on any atom is 0.224 e. The Morgan fingerprint density at radius 3 is 2.68 bits per heavy atom. The molecule has 0 aliphatic heterocycles. The van der Waals surface area contributed by atoms with E-state index >= 15 is 0 Å². The lowest BCUT2D eigenvalue weighted by Gasteiger charge is -2.10. The number of nitrogens with one attached hydrogen (secondary N) is 2. The molecule has 1 aromatic carbocycles. The van der Waals surface area contributed by atoms with Gasteiger partial charge in [-0.3, -0.25) is 0 Å². The summed E-state index contributed by atoms with van der Waals surface area (Å²) < 4.78 is 13.7. The van der Waals surface area contributed by atoms with E-state index in [4.69, 9.17) is 0 Å². The maximum atomic E-state index is 13.7. The van der Waals surface area contributed by atoms with Crippen molar-refractivity contribution in [3.8, 4) is 0 Å². The predicted octanol–water partition coefficient (Wildman–Crippen LogP) is 3.41. The van der Waals surface area contributed by atoms with E-state index in [-0.39, 0.29) is 5.82 Å². The van der Waals surface area contributed by atoms with Crippen LogP contribution in [0.15, 0.2) is 24.3 Å². The molecule has 4 nitrogen and oxygen atoms in total. The molecule has 1 heterocycles. The fourth-order valence-corrected chi connectivity index (χ4v) is 1.74. The molecule has 0 aliphatic rings. The minimum Gasteiger partial charge on any atom is -0.354 e. The van der Waals surface area contributed by atoms with Crippen LogP contribution < -0.4 is 10.6 Å². The minimum atomic E-state index is -0.299. The fraction of sp³-hybridized carbons (Fsp3) is 0.286. The van der Waals surface area contributed by atoms with Crippen LogP contribution in [0.25, 0.3) is 0 Å². The number of benzene rings is 1. The highest BCUT2D eigenvalue weighted by Crippen LogP contribution is 2.21. The maximum absolute atomic E-state index is 13.7. The third-order valence-electron chi connectivity index (χ3n) is 2.57. The van der Waals surface area contributed by atoms with Crippen molar-refractivity contribution in [3.63, 3.8) is 0 Å². The van der Waals surface area contributed by atoms with Gasteiger partial charge in [-0.05, 0) is 38.5 Å². The van der Waals surface area contributed by atoms with Crippen LogP contribution in [-0.2, 0) is 0 Å². The third-order valence-corrected chi connectivity index (χ3v) is 2.57. The molecule has 2 rings (SSSR count). The van der Waals surface area contributed by atoms with E-state index in [1.54, 1.807) is 18.2 Å². The van der Waals surface area contributed by atoms with Crippen molar-refractivity contribution in [2.45, 2.75) is 20.8 Å². The molecule has 5 heteroatoms. The van der Waals surface area contributed by atoms with E-state index in [9.17, 15) is 4.39 Å². The normalized spacial score (nSPS) is 10.3. The Kier molecular flexibility index (Phi) is 3.94. The molecule has 0 saturated heterocycles. The van der Waals surface area contributed by atoms with Gasteiger partial charge in [0.1, 0.15) is 11.6 Å². The molecule has 0 bridgehead atoms. The molecule has 2 aromatic rings. The van der Waals surface area contributed by atoms with Crippen molar-refractivity contribution in [1.82, 2.24) is 9.97 Å². The Hall–Kier alpha value is -2.17. The molecule has 2 N–H and O–H groups in total. The minimum absolute atomic E-state index is 0.299. The number of hydrogen-bond acceptors (Lipinski definition) is 4. The number of aryl methyl sites for hydroxylation is 2. The summed E-state index contributed by atoms with van der Waals surface area (Å²) in [5, 5.41) is 6.03. The smallest absolute Gasteiger partial charge is 0.224 e. The summed E-state index contributed by atoms with van der Waals surface area (Å²) in [6, 6.07) is 6.70. The summed E-state index contributed by atoms with van der Waals surface area (Å²) in [6.45, 7) is 6.50. The van der Waals surface area contributed by atoms with Gasteiger partial charge in [-0.25, -0.2) is 9.37 Å². The molecule has 0 saturated carbocycles. The van der Waals surface area contributed by atoms with Crippen molar-refractivity contribution in [2.24, 2.45) is 0 Å². The number of aromatic nitrogens is 2. The van der Waals surface area contributed by atoms with Gasteiger partial charge in [-0.15, -0.1) is 0 Å². The average Bonchev–Trinajstić information content (AvgIpc) is 2.33. The predicted molar refractivity (Wildman–Crippen MR) is 75.4 cm³/mol. The number of nitrogens with zero attached hydrogens (tertiary/aromatic N) is 2. The molecule has 100 valence electrons. The van der Waals surface area contributed by atoms with Gasteiger partial charge in [0.25, 0.3) is 0 Å². The van der Waals surface area contributed by atoms with Gasteiger partial charge < -0.3 is 10.6 Å². The molecule has 0 aliphatic carbocycles. The van der Waals surface area contributed by atoms with E-state index in [2.05, 4.69) is 20.6 Å². The van der Waals surface area contributed by atoms with Crippen LogP contribution in [-0.4, -0.2) is 16.5 Å². The van der Waals surface area contributed by atoms with Crippen LogP contribution in [0.5, 0.6) is 0 Å². The second kappa shape index (κ2) is 5.65. The van der Waals surface area contributed by atoms with Gasteiger partial charge in [-0.2, -0.15) is 4.98 Å². The first-order chi connectivity index (χ1) is 9.08. The van der Waals surface area contributed by atoms with Crippen LogP contribution in [0.4, 0.5) is 21.8 Å². The summed E-state index contributed by atoms with van der Waals surface area (Å²) in [5.74, 6) is 0.817. The SMILES string of the molecule is CCNc1nc(C)cc(Nc2cc(C)ccc2F)n1. The molecule has 0 amide bonds. The fourth-order valence-electron chi connectivity index (χ4n) is 1.74. The largest absolute Gasteiger partial charge is 0.354 e. The van der Waals surface area contributed by atoms with Crippen LogP contribution >= 0.6 is 0 Å². The van der Waals surface area contributed by atoms with Crippen LogP contribution in [0, 0.1) is 19.7 Å². The Labute approximate surface area is 112 Å². The quantitative estimate of drug-likeness (QED) is 0.884. The Morgan fingerprint density at radius 2 is 1.95 bits per heavy atom. The summed E-state index contributed by atoms with van der Waals surface area (Å²) in [5.41, 5.74) is 2.23. The monoisotopic (exact) mass is 260 g/mol. The Bertz CT molecular complexity index is 584. The number of anilines is 3. The van der Waals surface area contributed by atoms with Crippen molar-refractivity contribution in [2.75, 3.05) is 17.2 Å². The molecular formula is C14H17FN4. The first kappa shape index (κ1) is 13.3. The van der Waals surface area contributed by atoms with Crippen LogP contribution in [0.1, 0.15) is 18.2 Å². The second-order valence-corrected chi connectivity index (χ2v) is 4.36. The zero-order chi connectivity index (χ0) is 13.8. The zero-order valence-corrected chi connectivity index (χ0v) is 11.3. The van der Waals surface area contributed by atoms with Crippen molar-refractivity contribution < 1.29 is 4.39 Å². The average molecular weight is 260 g/mol. The highest BCUT2D eigenvalue weighted by atomic mass is 19.1. The standard InChI is InChI=1S/C14H17FN4/c1-4-16-14-17-10(3)8-13(19-14)18-12-7-9(2)5-6-11(12)15/h5-8H,4H2,1-3H3,(H2,16,17,18,19). The van der Waals surface area contributed by atoms with Crippen molar-refractivity contribution >= 4 is 17.5 Å². The Morgan fingerprint density at radius 1 is 1.16 bits per heavy atom. The summed E-state index contributed by atoms with van der Waals surface area (Å²) >= 11 is 0. The topological polar surface area (TPSA) is 49.8 Å². The van der Waals surface area contributed by atoms with Gasteiger partial charge in [-0.1, -0.05) is 6.07 Å². The first-order valence-corrected chi connectivity index (χ1v) is 6.21. The lowest BCUT2D eigenvalue weighted by molar-refractivity contribution is 0.631. The Balaban J connectivity index is 2.29. The molecule has 1 aromatic heterocycles. The van der Waals surface area contributed by atoms with E-state index in [0.717, 1.165) is 17.8 Å². The van der Waals surface area contributed by atoms with Gasteiger partial charge in [0.15, 0.2) is 0 Å². The zero-order valence-electron chi connectivity index (χ0n) is 11.3. The van der Waals surface area contributed by atoms with E-state index in [1.165, 1.54) is 6.07 Å². The molecule has 0 atom stereocenters. The second-order valence-electron chi connectivity index (χ2n) is 4.36. The number of rotatable bonds is 4.